The lowest BCUT2D eigenvalue weighted by molar-refractivity contribution is -0.145. The van der Waals surface area contributed by atoms with Gasteiger partial charge in [0.1, 0.15) is 6.17 Å². The van der Waals surface area contributed by atoms with Crippen LogP contribution in [0, 0.1) is 5.92 Å². The van der Waals surface area contributed by atoms with Crippen LogP contribution in [0.4, 0.5) is 4.39 Å². The highest BCUT2D eigenvalue weighted by molar-refractivity contribution is 5.76. The highest BCUT2D eigenvalue weighted by Gasteiger charge is 2.44. The number of esters is 1. The van der Waals surface area contributed by atoms with Crippen molar-refractivity contribution < 1.29 is 13.9 Å². The van der Waals surface area contributed by atoms with Crippen LogP contribution in [0.5, 0.6) is 0 Å². The van der Waals surface area contributed by atoms with Crippen molar-refractivity contribution in [3.05, 3.63) is 0 Å². The van der Waals surface area contributed by atoms with Crippen LogP contribution in [0.15, 0.2) is 0 Å². The number of hydrogen-bond donors (Lipinski definition) is 0. The number of unbranched alkanes of at least 4 members (excludes halogenated alkanes) is 1. The van der Waals surface area contributed by atoms with Crippen LogP contribution in [0.25, 0.3) is 0 Å². The Morgan fingerprint density at radius 3 is 2.82 bits per heavy atom. The van der Waals surface area contributed by atoms with Crippen LogP contribution >= 0.6 is 0 Å². The van der Waals surface area contributed by atoms with Gasteiger partial charge < -0.3 is 4.74 Å². The van der Waals surface area contributed by atoms with Gasteiger partial charge in [0.2, 0.25) is 0 Å². The van der Waals surface area contributed by atoms with Crippen molar-refractivity contribution in [1.82, 2.24) is 0 Å². The lowest BCUT2D eigenvalue weighted by Crippen LogP contribution is -2.09. The zero-order valence-electron chi connectivity index (χ0n) is 6.68. The molecule has 2 nitrogen and oxygen atoms in total. The summed E-state index contributed by atoms with van der Waals surface area (Å²) in [7, 11) is 0. The maximum atomic E-state index is 12.2. The molecule has 1 rings (SSSR count). The first-order chi connectivity index (χ1) is 5.25. The maximum Gasteiger partial charge on any atom is 0.312 e. The van der Waals surface area contributed by atoms with Crippen molar-refractivity contribution in [2.75, 3.05) is 6.61 Å². The first-order valence-electron chi connectivity index (χ1n) is 4.06. The molecule has 1 aliphatic carbocycles. The fraction of sp³-hybridized carbons (Fsp3) is 0.875. The molecule has 0 bridgehead atoms. The largest absolute Gasteiger partial charge is 0.465 e. The van der Waals surface area contributed by atoms with Gasteiger partial charge in [-0.25, -0.2) is 4.39 Å². The third kappa shape index (κ3) is 2.48. The van der Waals surface area contributed by atoms with Crippen molar-refractivity contribution in [2.24, 2.45) is 5.92 Å². The van der Waals surface area contributed by atoms with E-state index in [4.69, 9.17) is 4.74 Å². The van der Waals surface area contributed by atoms with E-state index in [2.05, 4.69) is 0 Å². The normalized spacial score (nSPS) is 28.2. The predicted octanol–water partition coefficient (Wildman–Crippen LogP) is 1.69. The zero-order valence-corrected chi connectivity index (χ0v) is 6.68. The Hall–Kier alpha value is -0.600. The SMILES string of the molecule is CCCCOC(=O)C1CC1F. The van der Waals surface area contributed by atoms with Gasteiger partial charge in [0.15, 0.2) is 0 Å². The molecule has 3 heteroatoms. The number of alkyl halides is 1. The maximum absolute atomic E-state index is 12.2. The minimum Gasteiger partial charge on any atom is -0.465 e. The molecule has 0 radical (unpaired) electrons. The minimum atomic E-state index is -0.927. The Morgan fingerprint density at radius 1 is 1.73 bits per heavy atom. The number of carbonyl (C=O) groups is 1. The molecule has 0 spiro atoms. The molecule has 2 unspecified atom stereocenters. The van der Waals surface area contributed by atoms with E-state index in [1.165, 1.54) is 0 Å². The van der Waals surface area contributed by atoms with Crippen LogP contribution in [0.2, 0.25) is 0 Å². The summed E-state index contributed by atoms with van der Waals surface area (Å²) < 4.78 is 17.0. The second-order valence-electron chi connectivity index (χ2n) is 2.88. The molecule has 1 saturated carbocycles. The number of halogens is 1. The monoisotopic (exact) mass is 160 g/mol. The molecule has 0 amide bonds. The van der Waals surface area contributed by atoms with E-state index in [1.807, 2.05) is 6.92 Å². The fourth-order valence-corrected chi connectivity index (χ4v) is 0.832. The van der Waals surface area contributed by atoms with Gasteiger partial charge in [-0.05, 0) is 12.8 Å². The van der Waals surface area contributed by atoms with Gasteiger partial charge in [-0.15, -0.1) is 0 Å². The van der Waals surface area contributed by atoms with Gasteiger partial charge in [0, 0.05) is 0 Å². The van der Waals surface area contributed by atoms with Gasteiger partial charge in [0.25, 0.3) is 0 Å². The second-order valence-corrected chi connectivity index (χ2v) is 2.88. The van der Waals surface area contributed by atoms with Crippen molar-refractivity contribution in [1.29, 1.82) is 0 Å². The molecule has 0 aromatic rings. The molecule has 0 heterocycles. The summed E-state index contributed by atoms with van der Waals surface area (Å²) in [6, 6.07) is 0. The molecule has 0 aromatic heterocycles. The summed E-state index contributed by atoms with van der Waals surface area (Å²) in [5.74, 6) is -0.794. The third-order valence-electron chi connectivity index (χ3n) is 1.76. The van der Waals surface area contributed by atoms with Crippen molar-refractivity contribution in [3.8, 4) is 0 Å². The Morgan fingerprint density at radius 2 is 2.36 bits per heavy atom. The van der Waals surface area contributed by atoms with E-state index in [0.717, 1.165) is 12.8 Å². The van der Waals surface area contributed by atoms with Crippen LogP contribution in [0.3, 0.4) is 0 Å². The molecule has 0 aromatic carbocycles. The quantitative estimate of drug-likeness (QED) is 0.462. The van der Waals surface area contributed by atoms with Crippen LogP contribution in [0.1, 0.15) is 26.2 Å². The summed E-state index contributed by atoms with van der Waals surface area (Å²) in [5.41, 5.74) is 0. The summed E-state index contributed by atoms with van der Waals surface area (Å²) >= 11 is 0. The molecule has 0 saturated heterocycles. The summed E-state index contributed by atoms with van der Waals surface area (Å²) in [6.45, 7) is 2.46. The Balaban J connectivity index is 2.03. The van der Waals surface area contributed by atoms with E-state index < -0.39 is 12.1 Å². The lowest BCUT2D eigenvalue weighted by Gasteiger charge is -2.00. The van der Waals surface area contributed by atoms with E-state index >= 15 is 0 Å². The average Bonchev–Trinajstić information content (AvgIpc) is 2.67. The highest BCUT2D eigenvalue weighted by atomic mass is 19.1. The Kier molecular flexibility index (Phi) is 2.85. The van der Waals surface area contributed by atoms with E-state index in [0.29, 0.717) is 13.0 Å². The third-order valence-corrected chi connectivity index (χ3v) is 1.76. The van der Waals surface area contributed by atoms with Crippen molar-refractivity contribution in [3.63, 3.8) is 0 Å². The molecule has 64 valence electrons. The van der Waals surface area contributed by atoms with E-state index in [-0.39, 0.29) is 5.97 Å². The molecular formula is C8H13FO2. The Bertz CT molecular complexity index is 147. The summed E-state index contributed by atoms with van der Waals surface area (Å²) in [5, 5.41) is 0. The standard InChI is InChI=1S/C8H13FO2/c1-2-3-4-11-8(10)6-5-7(6)9/h6-7H,2-5H2,1H3. The lowest BCUT2D eigenvalue weighted by atomic mass is 10.3. The molecule has 1 fully saturated rings. The number of rotatable bonds is 4. The average molecular weight is 160 g/mol. The fourth-order valence-electron chi connectivity index (χ4n) is 0.832. The Labute approximate surface area is 65.7 Å². The second kappa shape index (κ2) is 3.69. The predicted molar refractivity (Wildman–Crippen MR) is 38.9 cm³/mol. The summed E-state index contributed by atoms with van der Waals surface area (Å²) in [6.07, 6.45) is 1.31. The van der Waals surface area contributed by atoms with E-state index in [1.54, 1.807) is 0 Å². The molecule has 0 N–H and O–H groups in total. The van der Waals surface area contributed by atoms with Gasteiger partial charge in [0.05, 0.1) is 12.5 Å². The first kappa shape index (κ1) is 8.50. The van der Waals surface area contributed by atoms with Crippen LogP contribution in [-0.2, 0) is 9.53 Å². The van der Waals surface area contributed by atoms with Gasteiger partial charge in [-0.2, -0.15) is 0 Å². The number of ether oxygens (including phenoxy) is 1. The van der Waals surface area contributed by atoms with Gasteiger partial charge in [-0.1, -0.05) is 13.3 Å². The topological polar surface area (TPSA) is 26.3 Å². The minimum absolute atomic E-state index is 0.356. The van der Waals surface area contributed by atoms with Crippen LogP contribution < -0.4 is 0 Å². The molecule has 2 atom stereocenters. The smallest absolute Gasteiger partial charge is 0.312 e. The van der Waals surface area contributed by atoms with Gasteiger partial charge in [-0.3, -0.25) is 4.79 Å². The molecule has 0 aliphatic heterocycles. The number of hydrogen-bond acceptors (Lipinski definition) is 2. The highest BCUT2D eigenvalue weighted by Crippen LogP contribution is 2.34. The molecular weight excluding hydrogens is 147 g/mol. The molecule has 1 aliphatic rings. The first-order valence-corrected chi connectivity index (χ1v) is 4.06. The van der Waals surface area contributed by atoms with Gasteiger partial charge >= 0.3 is 5.97 Å². The number of carbonyl (C=O) groups excluding carboxylic acids is 1. The summed E-state index contributed by atoms with van der Waals surface area (Å²) in [4.78, 5) is 10.8. The van der Waals surface area contributed by atoms with E-state index in [9.17, 15) is 9.18 Å². The van der Waals surface area contributed by atoms with Crippen molar-refractivity contribution >= 4 is 5.97 Å². The van der Waals surface area contributed by atoms with Crippen LogP contribution in [-0.4, -0.2) is 18.7 Å². The van der Waals surface area contributed by atoms with Crippen molar-refractivity contribution in [2.45, 2.75) is 32.4 Å². The molecule has 11 heavy (non-hydrogen) atoms. The zero-order chi connectivity index (χ0) is 8.27.